The lowest BCUT2D eigenvalue weighted by Crippen LogP contribution is -2.27. The number of hydrogen-bond acceptors (Lipinski definition) is 5. The van der Waals surface area contributed by atoms with E-state index >= 15 is 0 Å². The van der Waals surface area contributed by atoms with Crippen LogP contribution in [-0.4, -0.2) is 28.6 Å². The van der Waals surface area contributed by atoms with Gasteiger partial charge in [0.2, 0.25) is 5.95 Å². The fraction of sp³-hybridized carbons (Fsp3) is 0.500. The van der Waals surface area contributed by atoms with Gasteiger partial charge in [0.25, 0.3) is 0 Å². The lowest BCUT2D eigenvalue weighted by Gasteiger charge is -2.23. The summed E-state index contributed by atoms with van der Waals surface area (Å²) in [7, 11) is 0. The van der Waals surface area contributed by atoms with Crippen LogP contribution in [0.1, 0.15) is 45.9 Å². The molecule has 1 aromatic heterocycles. The Morgan fingerprint density at radius 1 is 1.00 bits per heavy atom. The van der Waals surface area contributed by atoms with Crippen LogP contribution in [-0.2, 0) is 0 Å². The second kappa shape index (κ2) is 7.72. The minimum atomic E-state index is -0.0423. The quantitative estimate of drug-likeness (QED) is 0.783. The van der Waals surface area contributed by atoms with Crippen LogP contribution >= 0.6 is 0 Å². The van der Waals surface area contributed by atoms with E-state index in [0.29, 0.717) is 5.95 Å². The average Bonchev–Trinajstić information content (AvgIpc) is 2.49. The SMILES string of the molecule is CCN(CC)c1ccc(Nc2nc(C)cc(NC(C)(C)C)n2)c(C)c1. The van der Waals surface area contributed by atoms with E-state index in [9.17, 15) is 0 Å². The Kier molecular flexibility index (Phi) is 5.88. The van der Waals surface area contributed by atoms with Crippen molar-refractivity contribution in [3.05, 3.63) is 35.5 Å². The van der Waals surface area contributed by atoms with Crippen LogP contribution in [0.25, 0.3) is 0 Å². The molecular weight excluding hydrogens is 310 g/mol. The third-order valence-electron chi connectivity index (χ3n) is 3.94. The minimum Gasteiger partial charge on any atom is -0.372 e. The summed E-state index contributed by atoms with van der Waals surface area (Å²) in [5.74, 6) is 1.45. The fourth-order valence-electron chi connectivity index (χ4n) is 2.77. The molecule has 0 bridgehead atoms. The third-order valence-corrected chi connectivity index (χ3v) is 3.94. The lowest BCUT2D eigenvalue weighted by atomic mass is 10.1. The maximum absolute atomic E-state index is 4.60. The van der Waals surface area contributed by atoms with Crippen LogP contribution in [0, 0.1) is 13.8 Å². The van der Waals surface area contributed by atoms with Crippen LogP contribution in [0.4, 0.5) is 23.1 Å². The van der Waals surface area contributed by atoms with Gasteiger partial charge >= 0.3 is 0 Å². The van der Waals surface area contributed by atoms with Gasteiger partial charge in [-0.15, -0.1) is 0 Å². The second-order valence-corrected chi connectivity index (χ2v) is 7.39. The number of nitrogens with zero attached hydrogens (tertiary/aromatic N) is 3. The molecular formula is C20H31N5. The zero-order valence-electron chi connectivity index (χ0n) is 16.6. The summed E-state index contributed by atoms with van der Waals surface area (Å²) in [6, 6.07) is 8.42. The Balaban J connectivity index is 2.24. The Bertz CT molecular complexity index is 715. The smallest absolute Gasteiger partial charge is 0.229 e. The molecule has 1 aromatic carbocycles. The molecule has 0 amide bonds. The van der Waals surface area contributed by atoms with Gasteiger partial charge in [0.05, 0.1) is 0 Å². The summed E-state index contributed by atoms with van der Waals surface area (Å²) in [5.41, 5.74) is 4.34. The van der Waals surface area contributed by atoms with Crippen molar-refractivity contribution in [2.75, 3.05) is 28.6 Å². The first kappa shape index (κ1) is 19.0. The first-order valence-electron chi connectivity index (χ1n) is 8.98. The summed E-state index contributed by atoms with van der Waals surface area (Å²) >= 11 is 0. The Morgan fingerprint density at radius 3 is 2.24 bits per heavy atom. The van der Waals surface area contributed by atoms with Gasteiger partial charge in [-0.1, -0.05) is 0 Å². The number of benzene rings is 1. The zero-order valence-corrected chi connectivity index (χ0v) is 16.6. The van der Waals surface area contributed by atoms with Crippen molar-refractivity contribution in [2.24, 2.45) is 0 Å². The number of hydrogen-bond donors (Lipinski definition) is 2. The molecule has 0 fully saturated rings. The summed E-state index contributed by atoms with van der Waals surface area (Å²) in [6.45, 7) is 16.8. The third kappa shape index (κ3) is 5.34. The molecule has 0 aliphatic carbocycles. The predicted octanol–water partition coefficient (Wildman–Crippen LogP) is 4.89. The molecule has 0 unspecified atom stereocenters. The summed E-state index contributed by atoms with van der Waals surface area (Å²) in [5, 5.41) is 6.76. The number of anilines is 4. The van der Waals surface area contributed by atoms with E-state index in [1.807, 2.05) is 13.0 Å². The van der Waals surface area contributed by atoms with Gasteiger partial charge in [-0.3, -0.25) is 0 Å². The van der Waals surface area contributed by atoms with Gasteiger partial charge in [0.15, 0.2) is 0 Å². The molecule has 0 aliphatic rings. The molecule has 0 saturated carbocycles. The van der Waals surface area contributed by atoms with Crippen LogP contribution in [0.2, 0.25) is 0 Å². The van der Waals surface area contributed by atoms with Crippen LogP contribution in [0.3, 0.4) is 0 Å². The maximum Gasteiger partial charge on any atom is 0.229 e. The van der Waals surface area contributed by atoms with E-state index in [1.54, 1.807) is 0 Å². The van der Waals surface area contributed by atoms with Gasteiger partial charge in [0.1, 0.15) is 5.82 Å². The van der Waals surface area contributed by atoms with Crippen molar-refractivity contribution in [1.29, 1.82) is 0 Å². The van der Waals surface area contributed by atoms with Crippen LogP contribution in [0.15, 0.2) is 24.3 Å². The summed E-state index contributed by atoms with van der Waals surface area (Å²) < 4.78 is 0. The molecule has 0 aliphatic heterocycles. The highest BCUT2D eigenvalue weighted by atomic mass is 15.2. The first-order chi connectivity index (χ1) is 11.7. The van der Waals surface area contributed by atoms with Crippen molar-refractivity contribution < 1.29 is 0 Å². The maximum atomic E-state index is 4.60. The van der Waals surface area contributed by atoms with Gasteiger partial charge in [-0.2, -0.15) is 4.98 Å². The molecule has 0 saturated heterocycles. The van der Waals surface area contributed by atoms with Crippen molar-refractivity contribution in [1.82, 2.24) is 9.97 Å². The van der Waals surface area contributed by atoms with E-state index in [-0.39, 0.29) is 5.54 Å². The van der Waals surface area contributed by atoms with Crippen molar-refractivity contribution in [2.45, 2.75) is 54.0 Å². The number of aromatic nitrogens is 2. The fourth-order valence-corrected chi connectivity index (χ4v) is 2.77. The zero-order chi connectivity index (χ0) is 18.6. The first-order valence-corrected chi connectivity index (χ1v) is 8.98. The molecule has 0 radical (unpaired) electrons. The number of aryl methyl sites for hydroxylation is 2. The van der Waals surface area contributed by atoms with E-state index in [4.69, 9.17) is 0 Å². The molecule has 2 aromatic rings. The Hall–Kier alpha value is -2.30. The van der Waals surface area contributed by atoms with Crippen molar-refractivity contribution in [3.8, 4) is 0 Å². The molecule has 25 heavy (non-hydrogen) atoms. The van der Waals surface area contributed by atoms with Crippen molar-refractivity contribution in [3.63, 3.8) is 0 Å². The molecule has 136 valence electrons. The van der Waals surface area contributed by atoms with E-state index in [1.165, 1.54) is 11.3 Å². The average molecular weight is 342 g/mol. The Morgan fingerprint density at radius 2 is 1.68 bits per heavy atom. The predicted molar refractivity (Wildman–Crippen MR) is 108 cm³/mol. The van der Waals surface area contributed by atoms with Crippen LogP contribution in [0.5, 0.6) is 0 Å². The highest BCUT2D eigenvalue weighted by molar-refractivity contribution is 5.64. The second-order valence-electron chi connectivity index (χ2n) is 7.39. The van der Waals surface area contributed by atoms with Gasteiger partial charge in [-0.25, -0.2) is 4.98 Å². The number of rotatable bonds is 6. The number of nitrogens with one attached hydrogen (secondary N) is 2. The molecule has 2 rings (SSSR count). The highest BCUT2D eigenvalue weighted by Gasteiger charge is 2.12. The van der Waals surface area contributed by atoms with Gasteiger partial charge < -0.3 is 15.5 Å². The molecule has 0 spiro atoms. The van der Waals surface area contributed by atoms with Gasteiger partial charge in [0, 0.05) is 41.8 Å². The van der Waals surface area contributed by atoms with Crippen LogP contribution < -0.4 is 15.5 Å². The van der Waals surface area contributed by atoms with E-state index in [2.05, 4.69) is 85.2 Å². The molecule has 1 heterocycles. The standard InChI is InChI=1S/C20H31N5/c1-8-25(9-2)16-10-11-17(14(3)12-16)22-19-21-15(4)13-18(23-19)24-20(5,6)7/h10-13H,8-9H2,1-7H3,(H2,21,22,23,24). The van der Waals surface area contributed by atoms with E-state index < -0.39 is 0 Å². The molecule has 2 N–H and O–H groups in total. The lowest BCUT2D eigenvalue weighted by molar-refractivity contribution is 0.630. The topological polar surface area (TPSA) is 53.1 Å². The largest absolute Gasteiger partial charge is 0.372 e. The monoisotopic (exact) mass is 341 g/mol. The summed E-state index contributed by atoms with van der Waals surface area (Å²) in [6.07, 6.45) is 0. The normalized spacial score (nSPS) is 11.3. The van der Waals surface area contributed by atoms with E-state index in [0.717, 1.165) is 30.3 Å². The summed E-state index contributed by atoms with van der Waals surface area (Å²) in [4.78, 5) is 11.5. The Labute approximate surface area is 151 Å². The molecule has 0 atom stereocenters. The van der Waals surface area contributed by atoms with Crippen molar-refractivity contribution >= 4 is 23.1 Å². The molecule has 5 nitrogen and oxygen atoms in total. The highest BCUT2D eigenvalue weighted by Crippen LogP contribution is 2.25. The molecule has 5 heteroatoms. The van der Waals surface area contributed by atoms with Gasteiger partial charge in [-0.05, 0) is 72.2 Å². The minimum absolute atomic E-state index is 0.0423.